The van der Waals surface area contributed by atoms with Crippen molar-refractivity contribution in [3.05, 3.63) is 41.1 Å². The average Bonchev–Trinajstić information content (AvgIpc) is 3.23. The highest BCUT2D eigenvalue weighted by Crippen LogP contribution is 2.33. The van der Waals surface area contributed by atoms with E-state index in [0.29, 0.717) is 22.4 Å². The van der Waals surface area contributed by atoms with Crippen LogP contribution in [0.2, 0.25) is 0 Å². The van der Waals surface area contributed by atoms with E-state index >= 15 is 0 Å². The fourth-order valence-electron chi connectivity index (χ4n) is 2.09. The van der Waals surface area contributed by atoms with E-state index in [0.717, 1.165) is 11.3 Å². The minimum Gasteiger partial charge on any atom is -0.493 e. The van der Waals surface area contributed by atoms with Crippen LogP contribution in [0.1, 0.15) is 16.2 Å². The Labute approximate surface area is 142 Å². The number of benzene rings is 1. The lowest BCUT2D eigenvalue weighted by molar-refractivity contribution is 0.101. The van der Waals surface area contributed by atoms with Crippen molar-refractivity contribution in [3.8, 4) is 22.8 Å². The molecule has 1 N–H and O–H groups in total. The molecule has 0 fully saturated rings. The van der Waals surface area contributed by atoms with Gasteiger partial charge < -0.3 is 14.0 Å². The highest BCUT2D eigenvalue weighted by atomic mass is 32.1. The van der Waals surface area contributed by atoms with Crippen LogP contribution in [0.4, 0.5) is 5.13 Å². The van der Waals surface area contributed by atoms with Crippen LogP contribution in [0.3, 0.4) is 0 Å². The van der Waals surface area contributed by atoms with Gasteiger partial charge in [-0.25, -0.2) is 4.98 Å². The maximum absolute atomic E-state index is 12.1. The number of thiazole rings is 1. The number of aryl methyl sites for hydroxylation is 1. The van der Waals surface area contributed by atoms with Crippen LogP contribution < -0.4 is 14.8 Å². The quantitative estimate of drug-likeness (QED) is 0.763. The number of nitrogens with one attached hydrogen (secondary N) is 1. The molecule has 8 heteroatoms. The molecule has 3 rings (SSSR count). The van der Waals surface area contributed by atoms with Crippen molar-refractivity contribution in [2.45, 2.75) is 6.92 Å². The number of methoxy groups -OCH3 is 2. The monoisotopic (exact) mass is 345 g/mol. The third-order valence-electron chi connectivity index (χ3n) is 3.26. The van der Waals surface area contributed by atoms with Crippen molar-refractivity contribution >= 4 is 22.4 Å². The van der Waals surface area contributed by atoms with Crippen LogP contribution in [-0.4, -0.2) is 30.3 Å². The summed E-state index contributed by atoms with van der Waals surface area (Å²) in [4.78, 5) is 16.5. The van der Waals surface area contributed by atoms with E-state index in [1.54, 1.807) is 27.2 Å². The van der Waals surface area contributed by atoms with E-state index in [4.69, 9.17) is 14.0 Å². The Balaban J connectivity index is 1.79. The Bertz CT molecular complexity index is 872. The van der Waals surface area contributed by atoms with Gasteiger partial charge in [0.05, 0.1) is 19.9 Å². The molecule has 0 aliphatic rings. The summed E-state index contributed by atoms with van der Waals surface area (Å²) in [6.45, 7) is 1.72. The molecule has 0 unspecified atom stereocenters. The number of anilines is 1. The third kappa shape index (κ3) is 3.23. The van der Waals surface area contributed by atoms with E-state index in [1.807, 2.05) is 23.6 Å². The molecule has 0 bridgehead atoms. The number of nitrogens with zero attached hydrogens (tertiary/aromatic N) is 2. The molecule has 2 heterocycles. The minimum atomic E-state index is -0.361. The lowest BCUT2D eigenvalue weighted by atomic mass is 10.1. The van der Waals surface area contributed by atoms with Gasteiger partial charge in [0.2, 0.25) is 0 Å². The molecular formula is C16H15N3O4S. The largest absolute Gasteiger partial charge is 0.493 e. The molecule has 0 aliphatic carbocycles. The second-order valence-corrected chi connectivity index (χ2v) is 5.74. The summed E-state index contributed by atoms with van der Waals surface area (Å²) in [6.07, 6.45) is 0. The molecule has 0 spiro atoms. The summed E-state index contributed by atoms with van der Waals surface area (Å²) in [5.41, 5.74) is 1.81. The number of carbonyl (C=O) groups is 1. The molecule has 0 atom stereocenters. The van der Waals surface area contributed by atoms with Gasteiger partial charge in [-0.2, -0.15) is 0 Å². The summed E-state index contributed by atoms with van der Waals surface area (Å²) >= 11 is 1.32. The molecule has 2 aromatic heterocycles. The van der Waals surface area contributed by atoms with Crippen molar-refractivity contribution < 1.29 is 18.8 Å². The summed E-state index contributed by atoms with van der Waals surface area (Å²) in [5, 5.41) is 8.71. The Hall–Kier alpha value is -2.87. The minimum absolute atomic E-state index is 0.218. The first-order valence-electron chi connectivity index (χ1n) is 7.03. The van der Waals surface area contributed by atoms with Crippen LogP contribution in [0.5, 0.6) is 11.5 Å². The van der Waals surface area contributed by atoms with Gasteiger partial charge in [0, 0.05) is 17.0 Å². The van der Waals surface area contributed by atoms with Crippen molar-refractivity contribution in [3.63, 3.8) is 0 Å². The van der Waals surface area contributed by atoms with Gasteiger partial charge in [-0.15, -0.1) is 11.3 Å². The zero-order valence-electron chi connectivity index (χ0n) is 13.3. The van der Waals surface area contributed by atoms with E-state index < -0.39 is 0 Å². The van der Waals surface area contributed by atoms with E-state index in [2.05, 4.69) is 15.5 Å². The van der Waals surface area contributed by atoms with Crippen molar-refractivity contribution in [2.24, 2.45) is 0 Å². The highest BCUT2D eigenvalue weighted by molar-refractivity contribution is 7.14. The van der Waals surface area contributed by atoms with Crippen LogP contribution in [0.25, 0.3) is 11.3 Å². The number of hydrogen-bond acceptors (Lipinski definition) is 7. The van der Waals surface area contributed by atoms with Gasteiger partial charge in [-0.3, -0.25) is 10.1 Å². The topological polar surface area (TPSA) is 86.5 Å². The van der Waals surface area contributed by atoms with Crippen LogP contribution in [0, 0.1) is 6.92 Å². The second-order valence-electron chi connectivity index (χ2n) is 4.88. The summed E-state index contributed by atoms with van der Waals surface area (Å²) < 4.78 is 15.4. The first kappa shape index (κ1) is 16.0. The van der Waals surface area contributed by atoms with Crippen LogP contribution >= 0.6 is 11.3 Å². The summed E-state index contributed by atoms with van der Waals surface area (Å²) in [7, 11) is 3.16. The van der Waals surface area contributed by atoms with Gasteiger partial charge in [-0.05, 0) is 25.1 Å². The van der Waals surface area contributed by atoms with Gasteiger partial charge in [0.15, 0.2) is 22.3 Å². The zero-order valence-corrected chi connectivity index (χ0v) is 14.1. The maximum atomic E-state index is 12.1. The van der Waals surface area contributed by atoms with Gasteiger partial charge in [0.1, 0.15) is 5.76 Å². The molecule has 0 radical (unpaired) electrons. The zero-order chi connectivity index (χ0) is 17.1. The lowest BCUT2D eigenvalue weighted by Crippen LogP contribution is -2.11. The molecular weight excluding hydrogens is 330 g/mol. The predicted octanol–water partition coefficient (Wildman–Crippen LogP) is 3.38. The fourth-order valence-corrected chi connectivity index (χ4v) is 2.81. The second kappa shape index (κ2) is 6.71. The molecule has 24 heavy (non-hydrogen) atoms. The number of aromatic nitrogens is 2. The van der Waals surface area contributed by atoms with E-state index in [-0.39, 0.29) is 11.6 Å². The molecule has 1 aromatic carbocycles. The first-order chi connectivity index (χ1) is 11.6. The van der Waals surface area contributed by atoms with Crippen molar-refractivity contribution in [1.29, 1.82) is 0 Å². The number of carbonyl (C=O) groups excluding carboxylic acids is 1. The summed E-state index contributed by atoms with van der Waals surface area (Å²) in [6, 6.07) is 7.09. The van der Waals surface area contributed by atoms with E-state index in [9.17, 15) is 4.79 Å². The lowest BCUT2D eigenvalue weighted by Gasteiger charge is -2.08. The molecule has 124 valence electrons. The average molecular weight is 345 g/mol. The molecule has 0 aliphatic heterocycles. The van der Waals surface area contributed by atoms with Crippen LogP contribution in [0.15, 0.2) is 34.2 Å². The van der Waals surface area contributed by atoms with Crippen molar-refractivity contribution in [2.75, 3.05) is 19.5 Å². The standard InChI is InChI=1S/C16H15N3O4S/c1-9-6-11(19-23-9)15(20)18-16-17-12(8-24-16)10-4-5-13(21-2)14(7-10)22-3/h4-8H,1-3H3,(H,17,18,20). The smallest absolute Gasteiger partial charge is 0.279 e. The molecule has 7 nitrogen and oxygen atoms in total. The van der Waals surface area contributed by atoms with E-state index in [1.165, 1.54) is 11.3 Å². The SMILES string of the molecule is COc1ccc(-c2csc(NC(=O)c3cc(C)on3)n2)cc1OC. The Morgan fingerprint density at radius 3 is 2.67 bits per heavy atom. The molecule has 1 amide bonds. The molecule has 0 saturated heterocycles. The van der Waals surface area contributed by atoms with Crippen LogP contribution in [-0.2, 0) is 0 Å². The van der Waals surface area contributed by atoms with Gasteiger partial charge in [0.25, 0.3) is 5.91 Å². The van der Waals surface area contributed by atoms with Gasteiger partial charge >= 0.3 is 0 Å². The third-order valence-corrected chi connectivity index (χ3v) is 4.02. The highest BCUT2D eigenvalue weighted by Gasteiger charge is 2.14. The normalized spacial score (nSPS) is 10.5. The fraction of sp³-hybridized carbons (Fsp3) is 0.188. The maximum Gasteiger partial charge on any atom is 0.279 e. The molecule has 0 saturated carbocycles. The number of ether oxygens (including phenoxy) is 2. The number of amides is 1. The Morgan fingerprint density at radius 1 is 1.21 bits per heavy atom. The Morgan fingerprint density at radius 2 is 2.00 bits per heavy atom. The molecule has 3 aromatic rings. The summed E-state index contributed by atoms with van der Waals surface area (Å²) in [5.74, 6) is 1.48. The number of hydrogen-bond donors (Lipinski definition) is 1. The van der Waals surface area contributed by atoms with Crippen molar-refractivity contribution in [1.82, 2.24) is 10.1 Å². The number of rotatable bonds is 5. The van der Waals surface area contributed by atoms with Gasteiger partial charge in [-0.1, -0.05) is 5.16 Å². The first-order valence-corrected chi connectivity index (χ1v) is 7.91. The Kier molecular flexibility index (Phi) is 4.48. The predicted molar refractivity (Wildman–Crippen MR) is 89.8 cm³/mol.